The molecule has 2 N–H and O–H groups in total. The van der Waals surface area contributed by atoms with Gasteiger partial charge in [0.15, 0.2) is 5.13 Å². The van der Waals surface area contributed by atoms with Crippen LogP contribution >= 0.6 is 11.3 Å². The first-order valence-electron chi connectivity index (χ1n) is 6.55. The summed E-state index contributed by atoms with van der Waals surface area (Å²) in [5, 5.41) is 7.65. The molecular weight excluding hydrogens is 290 g/mol. The summed E-state index contributed by atoms with van der Waals surface area (Å²) < 4.78 is 5.04. The lowest BCUT2D eigenvalue weighted by atomic mass is 10.2. The average molecular weight is 307 g/mol. The Balaban J connectivity index is 1.84. The molecule has 2 heterocycles. The van der Waals surface area contributed by atoms with Crippen molar-refractivity contribution in [3.8, 4) is 0 Å². The van der Waals surface area contributed by atoms with Crippen molar-refractivity contribution in [3.63, 3.8) is 0 Å². The third kappa shape index (κ3) is 3.91. The quantitative estimate of drug-likeness (QED) is 0.889. The van der Waals surface area contributed by atoms with E-state index >= 15 is 0 Å². The fourth-order valence-electron chi connectivity index (χ4n) is 1.65. The summed E-state index contributed by atoms with van der Waals surface area (Å²) in [4.78, 5) is 27.9. The van der Waals surface area contributed by atoms with Gasteiger partial charge in [-0.3, -0.25) is 9.59 Å². The minimum Gasteiger partial charge on any atom is -0.469 e. The molecule has 2 rings (SSSR count). The highest BCUT2D eigenvalue weighted by Crippen LogP contribution is 2.21. The highest BCUT2D eigenvalue weighted by Gasteiger charge is 2.13. The van der Waals surface area contributed by atoms with E-state index in [1.165, 1.54) is 17.6 Å². The highest BCUT2D eigenvalue weighted by molar-refractivity contribution is 7.13. The Kier molecular flexibility index (Phi) is 4.74. The van der Waals surface area contributed by atoms with Crippen LogP contribution in [0.3, 0.4) is 0 Å². The number of nitrogens with one attached hydrogen (secondary N) is 2. The van der Waals surface area contributed by atoms with Gasteiger partial charge in [-0.1, -0.05) is 13.8 Å². The molecule has 0 aliphatic carbocycles. The molecule has 0 fully saturated rings. The van der Waals surface area contributed by atoms with Gasteiger partial charge in [0.05, 0.1) is 24.1 Å². The Bertz CT molecular complexity index is 645. The Morgan fingerprint density at radius 2 is 2.19 bits per heavy atom. The van der Waals surface area contributed by atoms with Crippen LogP contribution in [0.2, 0.25) is 0 Å². The van der Waals surface area contributed by atoms with Crippen molar-refractivity contribution in [2.45, 2.75) is 26.7 Å². The van der Waals surface area contributed by atoms with Crippen molar-refractivity contribution in [3.05, 3.63) is 34.7 Å². The van der Waals surface area contributed by atoms with Gasteiger partial charge in [0.2, 0.25) is 5.91 Å². The number of anilines is 1. The maximum absolute atomic E-state index is 11.8. The number of thiazole rings is 1. The van der Waals surface area contributed by atoms with Crippen LogP contribution in [-0.4, -0.2) is 23.3 Å². The van der Waals surface area contributed by atoms with E-state index in [2.05, 4.69) is 15.6 Å². The number of furan rings is 1. The third-order valence-electron chi connectivity index (χ3n) is 2.87. The van der Waals surface area contributed by atoms with E-state index in [9.17, 15) is 9.59 Å². The number of amides is 2. The van der Waals surface area contributed by atoms with Gasteiger partial charge in [-0.15, -0.1) is 11.3 Å². The fourth-order valence-corrected chi connectivity index (χ4v) is 2.54. The fraction of sp³-hybridized carbons (Fsp3) is 0.357. The first kappa shape index (κ1) is 15.2. The zero-order valence-electron chi connectivity index (χ0n) is 12.1. The number of hydrogen-bond donors (Lipinski definition) is 2. The highest BCUT2D eigenvalue weighted by atomic mass is 32.1. The van der Waals surface area contributed by atoms with Crippen LogP contribution in [0.25, 0.3) is 0 Å². The van der Waals surface area contributed by atoms with Crippen molar-refractivity contribution in [2.75, 3.05) is 11.9 Å². The van der Waals surface area contributed by atoms with Crippen LogP contribution in [0.1, 0.15) is 41.6 Å². The number of rotatable bonds is 5. The minimum absolute atomic E-state index is 0.111. The molecule has 2 amide bonds. The number of nitrogens with zero attached hydrogens (tertiary/aromatic N) is 1. The monoisotopic (exact) mass is 307 g/mol. The Labute approximate surface area is 126 Å². The van der Waals surface area contributed by atoms with E-state index in [1.54, 1.807) is 13.0 Å². The number of carbonyl (C=O) groups is 2. The van der Waals surface area contributed by atoms with Crippen LogP contribution in [-0.2, 0) is 4.79 Å². The predicted octanol–water partition coefficient (Wildman–Crippen LogP) is 2.54. The number of hydrogen-bond acceptors (Lipinski definition) is 5. The van der Waals surface area contributed by atoms with Crippen LogP contribution in [0, 0.1) is 6.92 Å². The molecule has 0 atom stereocenters. The third-order valence-corrected chi connectivity index (χ3v) is 3.65. The predicted molar refractivity (Wildman–Crippen MR) is 80.6 cm³/mol. The molecule has 6 nitrogen and oxygen atoms in total. The molecule has 0 radical (unpaired) electrons. The molecule has 0 unspecified atom stereocenters. The molecule has 0 aromatic carbocycles. The van der Waals surface area contributed by atoms with Crippen molar-refractivity contribution >= 4 is 28.3 Å². The van der Waals surface area contributed by atoms with Gasteiger partial charge >= 0.3 is 0 Å². The first-order chi connectivity index (χ1) is 9.97. The van der Waals surface area contributed by atoms with Gasteiger partial charge < -0.3 is 15.1 Å². The zero-order chi connectivity index (χ0) is 15.4. The van der Waals surface area contributed by atoms with Gasteiger partial charge in [0, 0.05) is 5.38 Å². The van der Waals surface area contributed by atoms with E-state index in [1.807, 2.05) is 19.2 Å². The molecule has 2 aromatic rings. The second kappa shape index (κ2) is 6.53. The van der Waals surface area contributed by atoms with Gasteiger partial charge in [0.25, 0.3) is 5.91 Å². The maximum Gasteiger partial charge on any atom is 0.255 e. The van der Waals surface area contributed by atoms with Crippen molar-refractivity contribution in [2.24, 2.45) is 0 Å². The van der Waals surface area contributed by atoms with Crippen LogP contribution in [0.15, 0.2) is 22.1 Å². The molecule has 0 spiro atoms. The number of carbonyl (C=O) groups excluding carboxylic acids is 2. The standard InChI is InChI=1S/C14H17N3O3S/c1-8(2)11-7-21-14(16-11)17-12(18)6-15-13(19)10-4-5-20-9(10)3/h4-5,7-8H,6H2,1-3H3,(H,15,19)(H,16,17,18). The second-order valence-electron chi connectivity index (χ2n) is 4.85. The molecule has 0 bridgehead atoms. The maximum atomic E-state index is 11.8. The summed E-state index contributed by atoms with van der Waals surface area (Å²) in [6.07, 6.45) is 1.44. The van der Waals surface area contributed by atoms with Gasteiger partial charge in [-0.2, -0.15) is 0 Å². The number of aryl methyl sites for hydroxylation is 1. The van der Waals surface area contributed by atoms with E-state index in [0.29, 0.717) is 22.4 Å². The zero-order valence-corrected chi connectivity index (χ0v) is 12.9. The van der Waals surface area contributed by atoms with Crippen LogP contribution < -0.4 is 10.6 Å². The van der Waals surface area contributed by atoms with Crippen LogP contribution in [0.4, 0.5) is 5.13 Å². The summed E-state index contributed by atoms with van der Waals surface area (Å²) in [5.41, 5.74) is 1.37. The molecule has 0 saturated heterocycles. The second-order valence-corrected chi connectivity index (χ2v) is 5.71. The SMILES string of the molecule is Cc1occc1C(=O)NCC(=O)Nc1nc(C(C)C)cs1. The van der Waals surface area contributed by atoms with Crippen molar-refractivity contribution in [1.29, 1.82) is 0 Å². The smallest absolute Gasteiger partial charge is 0.255 e. The van der Waals surface area contributed by atoms with Gasteiger partial charge in [0.1, 0.15) is 5.76 Å². The number of aromatic nitrogens is 1. The largest absolute Gasteiger partial charge is 0.469 e. The molecule has 112 valence electrons. The normalized spacial score (nSPS) is 10.7. The first-order valence-corrected chi connectivity index (χ1v) is 7.43. The van der Waals surface area contributed by atoms with E-state index < -0.39 is 0 Å². The molecular formula is C14H17N3O3S. The lowest BCUT2D eigenvalue weighted by Gasteiger charge is -2.04. The summed E-state index contributed by atoms with van der Waals surface area (Å²) >= 11 is 1.37. The van der Waals surface area contributed by atoms with Gasteiger partial charge in [-0.25, -0.2) is 4.98 Å². The summed E-state index contributed by atoms with van der Waals surface area (Å²) in [6, 6.07) is 1.57. The van der Waals surface area contributed by atoms with Gasteiger partial charge in [-0.05, 0) is 18.9 Å². The summed E-state index contributed by atoms with van der Waals surface area (Å²) in [7, 11) is 0. The Hall–Kier alpha value is -2.15. The Morgan fingerprint density at radius 1 is 1.43 bits per heavy atom. The molecule has 7 heteroatoms. The van der Waals surface area contributed by atoms with E-state index in [4.69, 9.17) is 4.42 Å². The van der Waals surface area contributed by atoms with Crippen molar-refractivity contribution < 1.29 is 14.0 Å². The van der Waals surface area contributed by atoms with Crippen molar-refractivity contribution in [1.82, 2.24) is 10.3 Å². The summed E-state index contributed by atoms with van der Waals surface area (Å²) in [5.74, 6) is 0.192. The lowest BCUT2D eigenvalue weighted by Crippen LogP contribution is -2.32. The van der Waals surface area contributed by atoms with Crippen LogP contribution in [0.5, 0.6) is 0 Å². The molecule has 21 heavy (non-hydrogen) atoms. The van der Waals surface area contributed by atoms with E-state index in [0.717, 1.165) is 5.69 Å². The average Bonchev–Trinajstić information content (AvgIpc) is 3.05. The van der Waals surface area contributed by atoms with E-state index in [-0.39, 0.29) is 18.4 Å². The molecule has 0 aliphatic rings. The summed E-state index contributed by atoms with van der Waals surface area (Å²) in [6.45, 7) is 5.65. The Morgan fingerprint density at radius 3 is 2.76 bits per heavy atom. The topological polar surface area (TPSA) is 84.2 Å². The molecule has 0 aliphatic heterocycles. The minimum atomic E-state index is -0.335. The molecule has 2 aromatic heterocycles. The lowest BCUT2D eigenvalue weighted by molar-refractivity contribution is -0.115. The molecule has 0 saturated carbocycles.